The monoisotopic (exact) mass is 372 g/mol. The van der Waals surface area contributed by atoms with Gasteiger partial charge in [-0.25, -0.2) is 0 Å². The fourth-order valence-corrected chi connectivity index (χ4v) is 4.06. The van der Waals surface area contributed by atoms with Crippen molar-refractivity contribution in [1.29, 1.82) is 0 Å². The van der Waals surface area contributed by atoms with E-state index >= 15 is 0 Å². The van der Waals surface area contributed by atoms with Gasteiger partial charge in [-0.1, -0.05) is 49.4 Å². The van der Waals surface area contributed by atoms with Gasteiger partial charge < -0.3 is 4.74 Å². The molecule has 0 saturated heterocycles. The highest BCUT2D eigenvalue weighted by Crippen LogP contribution is 2.43. The molecule has 0 amide bonds. The van der Waals surface area contributed by atoms with Crippen LogP contribution in [0.3, 0.4) is 0 Å². The molecule has 3 atom stereocenters. The number of ether oxygens (including phenoxy) is 1. The molecule has 142 valence electrons. The van der Waals surface area contributed by atoms with Crippen molar-refractivity contribution >= 4 is 17.8 Å². The first-order valence-electron chi connectivity index (χ1n) is 9.94. The lowest BCUT2D eigenvalue weighted by Gasteiger charge is -2.16. The quantitative estimate of drug-likeness (QED) is 0.228. The highest BCUT2D eigenvalue weighted by Gasteiger charge is 2.40. The number of benzene rings is 2. The first-order valence-corrected chi connectivity index (χ1v) is 9.94. The van der Waals surface area contributed by atoms with Gasteiger partial charge in [0.05, 0.1) is 5.92 Å². The van der Waals surface area contributed by atoms with Gasteiger partial charge in [0.1, 0.15) is 5.75 Å². The van der Waals surface area contributed by atoms with Gasteiger partial charge in [0.25, 0.3) is 0 Å². The van der Waals surface area contributed by atoms with Gasteiger partial charge in [0, 0.05) is 5.56 Å². The number of carbonyl (C=O) groups excluding carboxylic acids is 2. The average Bonchev–Trinajstić information content (AvgIpc) is 3.37. The smallest absolute Gasteiger partial charge is 0.314 e. The first kappa shape index (κ1) is 18.4. The lowest BCUT2D eigenvalue weighted by atomic mass is 9.94. The zero-order valence-electron chi connectivity index (χ0n) is 16.0. The van der Waals surface area contributed by atoms with E-state index in [9.17, 15) is 9.59 Å². The van der Waals surface area contributed by atoms with E-state index in [1.807, 2.05) is 18.2 Å². The molecule has 1 saturated carbocycles. The van der Waals surface area contributed by atoms with Gasteiger partial charge in [0.2, 0.25) is 0 Å². The Labute approximate surface area is 165 Å². The summed E-state index contributed by atoms with van der Waals surface area (Å²) in [5.74, 6) is 1.09. The topological polar surface area (TPSA) is 43.4 Å². The van der Waals surface area contributed by atoms with Crippen molar-refractivity contribution in [2.45, 2.75) is 26.2 Å². The molecular weight excluding hydrogens is 348 g/mol. The molecule has 3 heteroatoms. The van der Waals surface area contributed by atoms with E-state index in [2.05, 4.69) is 31.2 Å². The van der Waals surface area contributed by atoms with Crippen molar-refractivity contribution < 1.29 is 14.3 Å². The Kier molecular flexibility index (Phi) is 5.25. The molecule has 0 spiro atoms. The van der Waals surface area contributed by atoms with E-state index in [-0.39, 0.29) is 17.7 Å². The van der Waals surface area contributed by atoms with Crippen molar-refractivity contribution in [3.05, 3.63) is 83.4 Å². The normalized spacial score (nSPS) is 22.7. The van der Waals surface area contributed by atoms with E-state index < -0.39 is 0 Å². The minimum atomic E-state index is -0.161. The Balaban J connectivity index is 1.35. The molecule has 2 bridgehead atoms. The third-order valence-electron chi connectivity index (χ3n) is 5.75. The molecule has 0 aliphatic heterocycles. The molecule has 3 unspecified atom stereocenters. The van der Waals surface area contributed by atoms with E-state index in [0.717, 1.165) is 24.8 Å². The average molecular weight is 372 g/mol. The van der Waals surface area contributed by atoms with Gasteiger partial charge >= 0.3 is 5.97 Å². The number of allylic oxidation sites excluding steroid dienone is 3. The summed E-state index contributed by atoms with van der Waals surface area (Å²) < 4.78 is 5.53. The van der Waals surface area contributed by atoms with Crippen LogP contribution in [-0.4, -0.2) is 11.8 Å². The second kappa shape index (κ2) is 7.97. The largest absolute Gasteiger partial charge is 0.426 e. The van der Waals surface area contributed by atoms with Gasteiger partial charge in [-0.05, 0) is 72.6 Å². The molecule has 4 rings (SSSR count). The maximum absolute atomic E-state index is 12.4. The summed E-state index contributed by atoms with van der Waals surface area (Å²) in [6.07, 6.45) is 10.7. The molecule has 0 N–H and O–H groups in total. The Morgan fingerprint density at radius 3 is 2.36 bits per heavy atom. The molecule has 2 aromatic carbocycles. The van der Waals surface area contributed by atoms with Crippen LogP contribution in [-0.2, 0) is 11.2 Å². The van der Waals surface area contributed by atoms with E-state index in [0.29, 0.717) is 23.1 Å². The minimum Gasteiger partial charge on any atom is -0.426 e. The van der Waals surface area contributed by atoms with Crippen LogP contribution in [0, 0.1) is 17.8 Å². The number of hydrogen-bond acceptors (Lipinski definition) is 3. The van der Waals surface area contributed by atoms with Crippen molar-refractivity contribution in [2.75, 3.05) is 0 Å². The van der Waals surface area contributed by atoms with Crippen LogP contribution in [0.25, 0.3) is 6.08 Å². The fraction of sp³-hybridized carbons (Fsp3) is 0.280. The van der Waals surface area contributed by atoms with Gasteiger partial charge in [-0.15, -0.1) is 0 Å². The summed E-state index contributed by atoms with van der Waals surface area (Å²) in [5, 5.41) is 0. The van der Waals surface area contributed by atoms with E-state index in [4.69, 9.17) is 4.74 Å². The summed E-state index contributed by atoms with van der Waals surface area (Å²) in [5.41, 5.74) is 2.84. The molecular formula is C25H24O3. The fourth-order valence-electron chi connectivity index (χ4n) is 4.06. The van der Waals surface area contributed by atoms with Crippen molar-refractivity contribution in [1.82, 2.24) is 0 Å². The third kappa shape index (κ3) is 3.99. The highest BCUT2D eigenvalue weighted by molar-refractivity contribution is 6.06. The van der Waals surface area contributed by atoms with Crippen LogP contribution in [0.5, 0.6) is 5.75 Å². The number of fused-ring (bicyclic) bond motifs is 2. The Hall–Kier alpha value is -2.94. The molecule has 3 nitrogen and oxygen atoms in total. The van der Waals surface area contributed by atoms with Crippen LogP contribution in [0.2, 0.25) is 0 Å². The van der Waals surface area contributed by atoms with Gasteiger partial charge in [-0.3, -0.25) is 9.59 Å². The Morgan fingerprint density at radius 2 is 1.75 bits per heavy atom. The van der Waals surface area contributed by atoms with Crippen molar-refractivity contribution in [3.8, 4) is 5.75 Å². The number of esters is 1. The molecule has 0 aromatic heterocycles. The lowest BCUT2D eigenvalue weighted by molar-refractivity contribution is -0.139. The molecule has 28 heavy (non-hydrogen) atoms. The summed E-state index contributed by atoms with van der Waals surface area (Å²) in [6, 6.07) is 15.0. The SMILES string of the molecule is CCc1ccc(/C=C/C(=O)c2ccc(OC(=O)C3CC4C=CC3C4)cc2)cc1. The van der Waals surface area contributed by atoms with E-state index in [1.165, 1.54) is 5.56 Å². The zero-order chi connectivity index (χ0) is 19.5. The van der Waals surface area contributed by atoms with Crippen LogP contribution in [0.4, 0.5) is 0 Å². The van der Waals surface area contributed by atoms with Gasteiger partial charge in [-0.2, -0.15) is 0 Å². The van der Waals surface area contributed by atoms with Crippen LogP contribution < -0.4 is 4.74 Å². The Bertz CT molecular complexity index is 919. The summed E-state index contributed by atoms with van der Waals surface area (Å²) in [4.78, 5) is 24.8. The third-order valence-corrected chi connectivity index (χ3v) is 5.75. The molecule has 2 aliphatic rings. The predicted octanol–water partition coefficient (Wildman–Crippen LogP) is 5.26. The summed E-state index contributed by atoms with van der Waals surface area (Å²) >= 11 is 0. The molecule has 2 aliphatic carbocycles. The Morgan fingerprint density at radius 1 is 1.00 bits per heavy atom. The van der Waals surface area contributed by atoms with Crippen molar-refractivity contribution in [3.63, 3.8) is 0 Å². The second-order valence-corrected chi connectivity index (χ2v) is 7.62. The van der Waals surface area contributed by atoms with Crippen LogP contribution in [0.15, 0.2) is 66.8 Å². The zero-order valence-corrected chi connectivity index (χ0v) is 16.0. The lowest BCUT2D eigenvalue weighted by Crippen LogP contribution is -2.23. The number of rotatable bonds is 6. The standard InChI is InChI=1S/C25H24O3/c1-2-17-3-5-18(6-4-17)8-14-24(26)20-10-12-22(13-11-20)28-25(27)23-16-19-7-9-21(23)15-19/h3-14,19,21,23H,2,15-16H2,1H3/b14-8+. The number of ketones is 1. The maximum Gasteiger partial charge on any atom is 0.314 e. The summed E-state index contributed by atoms with van der Waals surface area (Å²) in [6.45, 7) is 2.12. The maximum atomic E-state index is 12.4. The molecule has 1 fully saturated rings. The second-order valence-electron chi connectivity index (χ2n) is 7.62. The molecule has 2 aromatic rings. The van der Waals surface area contributed by atoms with Gasteiger partial charge in [0.15, 0.2) is 5.78 Å². The highest BCUT2D eigenvalue weighted by atomic mass is 16.5. The first-order chi connectivity index (χ1) is 13.6. The molecule has 0 radical (unpaired) electrons. The minimum absolute atomic E-state index is 0.0293. The number of hydrogen-bond donors (Lipinski definition) is 0. The van der Waals surface area contributed by atoms with Crippen LogP contribution >= 0.6 is 0 Å². The number of aryl methyl sites for hydroxylation is 1. The van der Waals surface area contributed by atoms with E-state index in [1.54, 1.807) is 30.3 Å². The predicted molar refractivity (Wildman–Crippen MR) is 110 cm³/mol. The summed E-state index contributed by atoms with van der Waals surface area (Å²) in [7, 11) is 0. The molecule has 0 heterocycles. The number of carbonyl (C=O) groups is 2. The van der Waals surface area contributed by atoms with Crippen LogP contribution in [0.1, 0.15) is 41.3 Å². The van der Waals surface area contributed by atoms with Crippen molar-refractivity contribution in [2.24, 2.45) is 17.8 Å².